The molecule has 0 spiro atoms. The number of phenolic OH excluding ortho intramolecular Hbond substituents is 2. The Morgan fingerprint density at radius 1 is 0.707 bits per heavy atom. The van der Waals surface area contributed by atoms with E-state index in [0.29, 0.717) is 36.9 Å². The predicted molar refractivity (Wildman–Crippen MR) is 172 cm³/mol. The number of benzene rings is 2. The highest BCUT2D eigenvalue weighted by molar-refractivity contribution is 5.70. The number of phenols is 2. The Kier molecular flexibility index (Phi) is 14.8. The van der Waals surface area contributed by atoms with E-state index < -0.39 is 5.41 Å². The van der Waals surface area contributed by atoms with Crippen molar-refractivity contribution in [3.63, 3.8) is 0 Å². The van der Waals surface area contributed by atoms with E-state index in [1.807, 2.05) is 52.0 Å². The average Bonchev–Trinajstić information content (AvgIpc) is 2.94. The molecule has 0 aliphatic rings. The Morgan fingerprint density at radius 3 is 1.54 bits per heavy atom. The molecule has 2 N–H and O–H groups in total. The van der Waals surface area contributed by atoms with Gasteiger partial charge < -0.3 is 14.9 Å². The Labute approximate surface area is 250 Å². The molecule has 4 nitrogen and oxygen atoms in total. The Morgan fingerprint density at radius 2 is 1.10 bits per heavy atom. The summed E-state index contributed by atoms with van der Waals surface area (Å²) in [7, 11) is 0. The minimum Gasteiger partial charge on any atom is -0.507 e. The van der Waals surface area contributed by atoms with Gasteiger partial charge in [0.05, 0.1) is 6.61 Å². The molecule has 0 bridgehead atoms. The van der Waals surface area contributed by atoms with Gasteiger partial charge in [-0.05, 0) is 86.3 Å². The van der Waals surface area contributed by atoms with E-state index in [9.17, 15) is 15.0 Å². The largest absolute Gasteiger partial charge is 0.507 e. The molecule has 41 heavy (non-hydrogen) atoms. The predicted octanol–water partition coefficient (Wildman–Crippen LogP) is 10.3. The molecule has 0 aliphatic heterocycles. The maximum absolute atomic E-state index is 13.2. The summed E-state index contributed by atoms with van der Waals surface area (Å²) in [6, 6.07) is 8.10. The number of aromatic hydroxyl groups is 2. The fourth-order valence-corrected chi connectivity index (χ4v) is 6.02. The number of esters is 1. The van der Waals surface area contributed by atoms with Crippen molar-refractivity contribution in [1.29, 1.82) is 0 Å². The monoisotopic (exact) mass is 566 g/mol. The molecule has 0 saturated carbocycles. The van der Waals surface area contributed by atoms with Crippen molar-refractivity contribution in [2.45, 2.75) is 144 Å². The van der Waals surface area contributed by atoms with Crippen molar-refractivity contribution in [1.82, 2.24) is 0 Å². The van der Waals surface area contributed by atoms with Gasteiger partial charge in [0, 0.05) is 11.8 Å². The normalized spacial score (nSPS) is 12.5. The lowest BCUT2D eigenvalue weighted by Gasteiger charge is -2.33. The van der Waals surface area contributed by atoms with Crippen LogP contribution < -0.4 is 0 Å². The smallest absolute Gasteiger partial charge is 0.305 e. The van der Waals surface area contributed by atoms with Crippen LogP contribution in [-0.4, -0.2) is 22.8 Å². The van der Waals surface area contributed by atoms with Gasteiger partial charge in [-0.15, -0.1) is 0 Å². The van der Waals surface area contributed by atoms with Crippen molar-refractivity contribution < 1.29 is 19.7 Å². The maximum Gasteiger partial charge on any atom is 0.305 e. The number of carbonyl (C=O) groups excluding carboxylic acids is 1. The summed E-state index contributed by atoms with van der Waals surface area (Å²) in [5, 5.41) is 20.9. The van der Waals surface area contributed by atoms with Gasteiger partial charge in [-0.25, -0.2) is 0 Å². The van der Waals surface area contributed by atoms with Gasteiger partial charge in [-0.3, -0.25) is 4.79 Å². The molecule has 0 amide bonds. The fraction of sp³-hybridized carbons (Fsp3) is 0.649. The lowest BCUT2D eigenvalue weighted by Crippen LogP contribution is -2.26. The zero-order valence-electron chi connectivity index (χ0n) is 27.2. The number of unbranched alkanes of at least 4 members (excludes halogenated alkanes) is 8. The number of hydrogen-bond donors (Lipinski definition) is 2. The summed E-state index contributed by atoms with van der Waals surface area (Å²) < 4.78 is 5.94. The molecule has 2 rings (SSSR count). The Bertz CT molecular complexity index is 983. The minimum absolute atomic E-state index is 0.142. The van der Waals surface area contributed by atoms with Gasteiger partial charge in [-0.1, -0.05) is 109 Å². The van der Waals surface area contributed by atoms with Crippen LogP contribution in [0.4, 0.5) is 0 Å². The van der Waals surface area contributed by atoms with Crippen molar-refractivity contribution >= 4 is 5.97 Å². The molecule has 2 aromatic rings. The van der Waals surface area contributed by atoms with E-state index in [2.05, 4.69) is 20.8 Å². The standard InChI is InChI=1S/C37H58O4/c1-8-10-12-14-15-17-19-31(18-16-13-11-9-2)26-41-34(38)20-21-37(7,32-22-27(3)35(39)28(4)23-32)33-24-29(5)36(40)30(6)25-33/h22-25,31,39-40H,8-21,26H2,1-7H3. The Balaban J connectivity index is 2.13. The lowest BCUT2D eigenvalue weighted by molar-refractivity contribution is -0.145. The van der Waals surface area contributed by atoms with Crippen LogP contribution in [0.15, 0.2) is 24.3 Å². The first-order chi connectivity index (χ1) is 19.5. The van der Waals surface area contributed by atoms with Crippen molar-refractivity contribution in [3.05, 3.63) is 57.6 Å². The third-order valence-corrected chi connectivity index (χ3v) is 9.00. The van der Waals surface area contributed by atoms with Crippen molar-refractivity contribution in [3.8, 4) is 11.5 Å². The molecule has 1 unspecified atom stereocenters. The topological polar surface area (TPSA) is 66.8 Å². The third-order valence-electron chi connectivity index (χ3n) is 9.00. The number of aryl methyl sites for hydroxylation is 4. The van der Waals surface area contributed by atoms with E-state index in [4.69, 9.17) is 4.74 Å². The van der Waals surface area contributed by atoms with Crippen LogP contribution in [0.5, 0.6) is 11.5 Å². The van der Waals surface area contributed by atoms with Crippen LogP contribution in [0, 0.1) is 33.6 Å². The molecular formula is C37H58O4. The van der Waals surface area contributed by atoms with E-state index >= 15 is 0 Å². The maximum atomic E-state index is 13.2. The molecule has 1 atom stereocenters. The van der Waals surface area contributed by atoms with Crippen LogP contribution in [0.25, 0.3) is 0 Å². The third kappa shape index (κ3) is 10.7. The highest BCUT2D eigenvalue weighted by Crippen LogP contribution is 2.41. The van der Waals surface area contributed by atoms with Gasteiger partial charge in [0.1, 0.15) is 11.5 Å². The first-order valence-corrected chi connectivity index (χ1v) is 16.3. The fourth-order valence-electron chi connectivity index (χ4n) is 6.02. The summed E-state index contributed by atoms with van der Waals surface area (Å²) in [4.78, 5) is 13.2. The number of rotatable bonds is 19. The molecule has 0 radical (unpaired) electrons. The van der Waals surface area contributed by atoms with Gasteiger partial charge in [0.25, 0.3) is 0 Å². The molecule has 0 heterocycles. The second kappa shape index (κ2) is 17.5. The summed E-state index contributed by atoms with van der Waals surface area (Å²) in [5.74, 6) is 0.920. The van der Waals surface area contributed by atoms with E-state index in [1.54, 1.807) is 0 Å². The first kappa shape index (κ1) is 34.7. The van der Waals surface area contributed by atoms with Crippen LogP contribution >= 0.6 is 0 Å². The zero-order valence-corrected chi connectivity index (χ0v) is 27.2. The van der Waals surface area contributed by atoms with Crippen molar-refractivity contribution in [2.24, 2.45) is 5.92 Å². The molecule has 4 heteroatoms. The van der Waals surface area contributed by atoms with Gasteiger partial charge in [-0.2, -0.15) is 0 Å². The molecule has 0 fully saturated rings. The zero-order chi connectivity index (χ0) is 30.4. The van der Waals surface area contributed by atoms with E-state index in [1.165, 1.54) is 64.2 Å². The minimum atomic E-state index is -0.483. The van der Waals surface area contributed by atoms with E-state index in [-0.39, 0.29) is 5.97 Å². The van der Waals surface area contributed by atoms with Crippen LogP contribution in [0.2, 0.25) is 0 Å². The lowest BCUT2D eigenvalue weighted by atomic mass is 9.71. The summed E-state index contributed by atoms with van der Waals surface area (Å²) in [6.45, 7) is 14.8. The SMILES string of the molecule is CCCCCCCCC(CCCCCC)COC(=O)CCC(C)(c1cc(C)c(O)c(C)c1)c1cc(C)c(O)c(C)c1. The second-order valence-corrected chi connectivity index (χ2v) is 12.7. The first-order valence-electron chi connectivity index (χ1n) is 16.3. The average molecular weight is 567 g/mol. The van der Waals surface area contributed by atoms with Crippen LogP contribution in [0.3, 0.4) is 0 Å². The number of hydrogen-bond acceptors (Lipinski definition) is 4. The highest BCUT2D eigenvalue weighted by Gasteiger charge is 2.32. The molecule has 230 valence electrons. The van der Waals surface area contributed by atoms with Gasteiger partial charge in [0.15, 0.2) is 0 Å². The molecule has 0 aromatic heterocycles. The quantitative estimate of drug-likeness (QED) is 0.131. The van der Waals surface area contributed by atoms with Crippen molar-refractivity contribution in [2.75, 3.05) is 6.61 Å². The van der Waals surface area contributed by atoms with Crippen LogP contribution in [0.1, 0.15) is 144 Å². The Hall–Kier alpha value is -2.49. The summed E-state index contributed by atoms with van der Waals surface area (Å²) in [5.41, 5.74) is 4.91. The molecule has 2 aromatic carbocycles. The summed E-state index contributed by atoms with van der Waals surface area (Å²) in [6.07, 6.45) is 15.9. The highest BCUT2D eigenvalue weighted by atomic mass is 16.5. The molecule has 0 saturated heterocycles. The van der Waals surface area contributed by atoms with Gasteiger partial charge >= 0.3 is 5.97 Å². The van der Waals surface area contributed by atoms with Gasteiger partial charge in [0.2, 0.25) is 0 Å². The number of ether oxygens (including phenoxy) is 1. The van der Waals surface area contributed by atoms with E-state index in [0.717, 1.165) is 46.2 Å². The van der Waals surface area contributed by atoms with Crippen LogP contribution in [-0.2, 0) is 14.9 Å². The number of carbonyl (C=O) groups is 1. The summed E-state index contributed by atoms with van der Waals surface area (Å²) >= 11 is 0. The second-order valence-electron chi connectivity index (χ2n) is 12.7. The molecule has 0 aliphatic carbocycles. The molecular weight excluding hydrogens is 508 g/mol.